The third-order valence-corrected chi connectivity index (χ3v) is 4.53. The number of hydrogen-bond acceptors (Lipinski definition) is 3. The molecule has 114 valence electrons. The van der Waals surface area contributed by atoms with Gasteiger partial charge < -0.3 is 5.32 Å². The third-order valence-electron chi connectivity index (χ3n) is 4.13. The lowest BCUT2D eigenvalue weighted by atomic mass is 9.98. The molecule has 1 aromatic rings. The van der Waals surface area contributed by atoms with Gasteiger partial charge in [0.15, 0.2) is 0 Å². The zero-order valence-corrected chi connectivity index (χ0v) is 12.7. The second kappa shape index (κ2) is 6.89. The molecule has 0 radical (unpaired) electrons. The average molecular weight is 311 g/mol. The van der Waals surface area contributed by atoms with E-state index in [2.05, 4.69) is 5.32 Å². The molecule has 2 rings (SSSR count). The maximum atomic E-state index is 12.2. The summed E-state index contributed by atoms with van der Waals surface area (Å²) in [4.78, 5) is 22.7. The third kappa shape index (κ3) is 3.73. The zero-order chi connectivity index (χ0) is 15.4. The number of nitrogens with one attached hydrogen (secondary N) is 1. The van der Waals surface area contributed by atoms with Gasteiger partial charge >= 0.3 is 0 Å². The number of nitrogens with zero attached hydrogens (tertiary/aromatic N) is 1. The van der Waals surface area contributed by atoms with Crippen molar-refractivity contribution in [3.05, 3.63) is 39.4 Å². The van der Waals surface area contributed by atoms with Crippen LogP contribution in [-0.4, -0.2) is 23.3 Å². The van der Waals surface area contributed by atoms with Crippen LogP contribution < -0.4 is 5.32 Å². The summed E-state index contributed by atoms with van der Waals surface area (Å²) >= 11 is 5.92. The molecule has 0 bridgehead atoms. The Morgan fingerprint density at radius 1 is 1.43 bits per heavy atom. The molecule has 0 aliphatic heterocycles. The van der Waals surface area contributed by atoms with Gasteiger partial charge in [-0.15, -0.1) is 11.6 Å². The van der Waals surface area contributed by atoms with E-state index in [4.69, 9.17) is 11.6 Å². The highest BCUT2D eigenvalue weighted by Crippen LogP contribution is 2.32. The first-order chi connectivity index (χ1) is 10.0. The molecule has 1 saturated carbocycles. The van der Waals surface area contributed by atoms with Crippen LogP contribution >= 0.6 is 11.6 Å². The van der Waals surface area contributed by atoms with Crippen molar-refractivity contribution in [2.75, 3.05) is 12.4 Å². The minimum atomic E-state index is -0.522. The Bertz CT molecular complexity index is 548. The van der Waals surface area contributed by atoms with Crippen LogP contribution in [-0.2, 0) is 0 Å². The minimum absolute atomic E-state index is 0.125. The van der Waals surface area contributed by atoms with E-state index in [0.717, 1.165) is 24.8 Å². The van der Waals surface area contributed by atoms with E-state index in [1.54, 1.807) is 19.1 Å². The molecule has 1 amide bonds. The van der Waals surface area contributed by atoms with E-state index in [1.165, 1.54) is 6.07 Å². The largest absolute Gasteiger partial charge is 0.352 e. The van der Waals surface area contributed by atoms with Gasteiger partial charge in [-0.05, 0) is 43.2 Å². The number of aryl methyl sites for hydroxylation is 1. The SMILES string of the molecule is Cc1ccc([N+](=O)[O-])c(C(=O)NCC2CCCC2CCl)c1. The second-order valence-electron chi connectivity index (χ2n) is 5.59. The molecule has 2 atom stereocenters. The number of benzene rings is 1. The lowest BCUT2D eigenvalue weighted by Crippen LogP contribution is -2.31. The predicted molar refractivity (Wildman–Crippen MR) is 81.7 cm³/mol. The molecule has 21 heavy (non-hydrogen) atoms. The number of carbonyl (C=O) groups is 1. The summed E-state index contributed by atoms with van der Waals surface area (Å²) in [6.07, 6.45) is 3.27. The highest BCUT2D eigenvalue weighted by Gasteiger charge is 2.27. The Kier molecular flexibility index (Phi) is 5.17. The monoisotopic (exact) mass is 310 g/mol. The van der Waals surface area contributed by atoms with Crippen LogP contribution in [0.25, 0.3) is 0 Å². The van der Waals surface area contributed by atoms with E-state index in [1.807, 2.05) is 0 Å². The molecule has 2 unspecified atom stereocenters. The maximum absolute atomic E-state index is 12.2. The van der Waals surface area contributed by atoms with Crippen molar-refractivity contribution in [3.63, 3.8) is 0 Å². The van der Waals surface area contributed by atoms with Gasteiger partial charge in [-0.2, -0.15) is 0 Å². The van der Waals surface area contributed by atoms with Crippen molar-refractivity contribution in [1.82, 2.24) is 5.32 Å². The summed E-state index contributed by atoms with van der Waals surface area (Å²) in [6, 6.07) is 4.57. The van der Waals surface area contributed by atoms with E-state index in [-0.39, 0.29) is 17.2 Å². The fourth-order valence-corrected chi connectivity index (χ4v) is 3.30. The first kappa shape index (κ1) is 15.8. The molecule has 0 spiro atoms. The summed E-state index contributed by atoms with van der Waals surface area (Å²) in [6.45, 7) is 2.34. The fourth-order valence-electron chi connectivity index (χ4n) is 2.90. The molecule has 6 heteroatoms. The molecule has 5 nitrogen and oxygen atoms in total. The summed E-state index contributed by atoms with van der Waals surface area (Å²) in [5.74, 6) is 1.02. The number of halogens is 1. The average Bonchev–Trinajstić information content (AvgIpc) is 2.91. The van der Waals surface area contributed by atoms with Gasteiger partial charge in [0.1, 0.15) is 5.56 Å². The number of rotatable bonds is 5. The second-order valence-corrected chi connectivity index (χ2v) is 5.90. The van der Waals surface area contributed by atoms with Crippen LogP contribution in [0.5, 0.6) is 0 Å². The van der Waals surface area contributed by atoms with Gasteiger partial charge in [0, 0.05) is 18.5 Å². The number of alkyl halides is 1. The summed E-state index contributed by atoms with van der Waals surface area (Å²) in [5, 5.41) is 13.8. The highest BCUT2D eigenvalue weighted by atomic mass is 35.5. The van der Waals surface area contributed by atoms with Gasteiger partial charge in [-0.25, -0.2) is 0 Å². The minimum Gasteiger partial charge on any atom is -0.352 e. The molecule has 1 aliphatic rings. The number of nitro benzene ring substituents is 1. The zero-order valence-electron chi connectivity index (χ0n) is 12.0. The molecule has 1 aliphatic carbocycles. The van der Waals surface area contributed by atoms with Crippen LogP contribution in [0.1, 0.15) is 35.2 Å². The number of hydrogen-bond donors (Lipinski definition) is 1. The standard InChI is InChI=1S/C15H19ClN2O3/c1-10-5-6-14(18(20)21)13(7-10)15(19)17-9-12-4-2-3-11(12)8-16/h5-7,11-12H,2-4,8-9H2,1H3,(H,17,19). The van der Waals surface area contributed by atoms with Crippen molar-refractivity contribution in [2.24, 2.45) is 11.8 Å². The van der Waals surface area contributed by atoms with Crippen molar-refractivity contribution in [1.29, 1.82) is 0 Å². The molecular weight excluding hydrogens is 292 g/mol. The van der Waals surface area contributed by atoms with E-state index in [0.29, 0.717) is 24.3 Å². The Balaban J connectivity index is 2.06. The summed E-state index contributed by atoms with van der Waals surface area (Å²) < 4.78 is 0. The molecule has 0 aromatic heterocycles. The fraction of sp³-hybridized carbons (Fsp3) is 0.533. The van der Waals surface area contributed by atoms with Gasteiger partial charge in [0.25, 0.3) is 11.6 Å². The lowest BCUT2D eigenvalue weighted by Gasteiger charge is -2.17. The Morgan fingerprint density at radius 3 is 2.81 bits per heavy atom. The molecule has 0 heterocycles. The Labute approximate surface area is 128 Å². The van der Waals surface area contributed by atoms with Crippen molar-refractivity contribution in [2.45, 2.75) is 26.2 Å². The van der Waals surface area contributed by atoms with Crippen molar-refractivity contribution in [3.8, 4) is 0 Å². The molecular formula is C15H19ClN2O3. The number of nitro groups is 1. The summed E-state index contributed by atoms with van der Waals surface area (Å²) in [5.41, 5.74) is 0.795. The molecule has 0 saturated heterocycles. The van der Waals surface area contributed by atoms with Crippen LogP contribution in [0.15, 0.2) is 18.2 Å². The first-order valence-electron chi connectivity index (χ1n) is 7.12. The molecule has 1 N–H and O–H groups in total. The quantitative estimate of drug-likeness (QED) is 0.515. The van der Waals surface area contributed by atoms with Crippen LogP contribution in [0.2, 0.25) is 0 Å². The van der Waals surface area contributed by atoms with E-state index in [9.17, 15) is 14.9 Å². The van der Waals surface area contributed by atoms with Gasteiger partial charge in [0.2, 0.25) is 0 Å². The van der Waals surface area contributed by atoms with Crippen LogP contribution in [0.3, 0.4) is 0 Å². The van der Waals surface area contributed by atoms with Crippen molar-refractivity contribution >= 4 is 23.2 Å². The number of amides is 1. The maximum Gasteiger partial charge on any atom is 0.282 e. The smallest absolute Gasteiger partial charge is 0.282 e. The summed E-state index contributed by atoms with van der Waals surface area (Å²) in [7, 11) is 0. The Morgan fingerprint density at radius 2 is 2.14 bits per heavy atom. The van der Waals surface area contributed by atoms with E-state index >= 15 is 0 Å². The topological polar surface area (TPSA) is 72.2 Å². The lowest BCUT2D eigenvalue weighted by molar-refractivity contribution is -0.385. The normalized spacial score (nSPS) is 21.2. The van der Waals surface area contributed by atoms with Gasteiger partial charge in [-0.3, -0.25) is 14.9 Å². The first-order valence-corrected chi connectivity index (χ1v) is 7.65. The van der Waals surface area contributed by atoms with E-state index < -0.39 is 4.92 Å². The van der Waals surface area contributed by atoms with Crippen molar-refractivity contribution < 1.29 is 9.72 Å². The highest BCUT2D eigenvalue weighted by molar-refractivity contribution is 6.18. The van der Waals surface area contributed by atoms with Crippen LogP contribution in [0.4, 0.5) is 5.69 Å². The van der Waals surface area contributed by atoms with Crippen LogP contribution in [0, 0.1) is 28.9 Å². The number of carbonyl (C=O) groups excluding carboxylic acids is 1. The van der Waals surface area contributed by atoms with Gasteiger partial charge in [0.05, 0.1) is 4.92 Å². The predicted octanol–water partition coefficient (Wildman–Crippen LogP) is 3.29. The molecule has 1 fully saturated rings. The Hall–Kier alpha value is -1.62. The van der Waals surface area contributed by atoms with Gasteiger partial charge in [-0.1, -0.05) is 12.5 Å². The molecule has 1 aromatic carbocycles.